The molecule has 192 valence electrons. The largest absolute Gasteiger partial charge is 0.477 e. The molecule has 14 heteroatoms. The highest BCUT2D eigenvalue weighted by atomic mass is 16.7. The Hall–Kier alpha value is -3.26. The topological polar surface area (TPSA) is 187 Å². The lowest BCUT2D eigenvalue weighted by molar-refractivity contribution is -0.323. The van der Waals surface area contributed by atoms with Crippen molar-refractivity contribution >= 4 is 35.8 Å². The second-order valence-electron chi connectivity index (χ2n) is 7.30. The predicted molar refractivity (Wildman–Crippen MR) is 106 cm³/mol. The van der Waals surface area contributed by atoms with E-state index < -0.39 is 85.2 Å². The quantitative estimate of drug-likeness (QED) is 0.303. The monoisotopic (exact) mass is 492 g/mol. The third kappa shape index (κ3) is 7.95. The maximum absolute atomic E-state index is 12.1. The van der Waals surface area contributed by atoms with Crippen LogP contribution in [0, 0.1) is 0 Å². The standard InChI is InChI=1S/C20H28O14/c1-9(21)29-8-15(31-11(3)23)17(33-13(5)25)18-16(32-12(4)24)14(30-10(2)22)7-20(28-6,34-18)19(26)27/h14-18H,7-8H2,1-6H3,(H,26,27)/t14-,15-,16+,17+,18+,20+/m0/s1. The first-order valence-electron chi connectivity index (χ1n) is 10.0. The fourth-order valence-electron chi connectivity index (χ4n) is 3.35. The summed E-state index contributed by atoms with van der Waals surface area (Å²) in [5.41, 5.74) is 0. The van der Waals surface area contributed by atoms with Crippen LogP contribution in [0.2, 0.25) is 0 Å². The van der Waals surface area contributed by atoms with E-state index in [0.29, 0.717) is 0 Å². The van der Waals surface area contributed by atoms with Gasteiger partial charge in [-0.05, 0) is 0 Å². The second-order valence-corrected chi connectivity index (χ2v) is 7.30. The fraction of sp³-hybridized carbons (Fsp3) is 0.700. The average Bonchev–Trinajstić information content (AvgIpc) is 2.69. The maximum atomic E-state index is 12.1. The third-order valence-electron chi connectivity index (χ3n) is 4.52. The van der Waals surface area contributed by atoms with Crippen molar-refractivity contribution in [2.45, 2.75) is 77.3 Å². The number of ether oxygens (including phenoxy) is 7. The summed E-state index contributed by atoms with van der Waals surface area (Å²) in [5, 5.41) is 9.79. The van der Waals surface area contributed by atoms with Crippen molar-refractivity contribution in [3.63, 3.8) is 0 Å². The fourth-order valence-corrected chi connectivity index (χ4v) is 3.35. The van der Waals surface area contributed by atoms with E-state index in [2.05, 4.69) is 0 Å². The van der Waals surface area contributed by atoms with Gasteiger partial charge in [0, 0.05) is 41.7 Å². The highest BCUT2D eigenvalue weighted by molar-refractivity contribution is 5.76. The lowest BCUT2D eigenvalue weighted by atomic mass is 9.90. The molecule has 0 amide bonds. The zero-order valence-corrected chi connectivity index (χ0v) is 19.6. The van der Waals surface area contributed by atoms with Crippen LogP contribution in [0.25, 0.3) is 0 Å². The Bertz CT molecular complexity index is 807. The molecule has 0 aliphatic carbocycles. The number of hydrogen-bond donors (Lipinski definition) is 1. The van der Waals surface area contributed by atoms with Crippen LogP contribution in [0.5, 0.6) is 0 Å². The van der Waals surface area contributed by atoms with Gasteiger partial charge in [0.05, 0.1) is 6.42 Å². The van der Waals surface area contributed by atoms with Gasteiger partial charge in [-0.2, -0.15) is 0 Å². The Morgan fingerprint density at radius 3 is 1.85 bits per heavy atom. The van der Waals surface area contributed by atoms with Crippen molar-refractivity contribution in [3.8, 4) is 0 Å². The number of carbonyl (C=O) groups is 6. The molecule has 34 heavy (non-hydrogen) atoms. The normalized spacial score (nSPS) is 25.8. The highest BCUT2D eigenvalue weighted by Gasteiger charge is 2.59. The Morgan fingerprint density at radius 2 is 1.44 bits per heavy atom. The van der Waals surface area contributed by atoms with E-state index in [1.807, 2.05) is 0 Å². The van der Waals surface area contributed by atoms with Crippen LogP contribution in [0.1, 0.15) is 41.0 Å². The number of carbonyl (C=O) groups excluding carboxylic acids is 5. The molecule has 1 saturated heterocycles. The molecule has 1 aliphatic heterocycles. The van der Waals surface area contributed by atoms with Crippen LogP contribution in [0.15, 0.2) is 0 Å². The van der Waals surface area contributed by atoms with Gasteiger partial charge in [0.2, 0.25) is 0 Å². The number of rotatable bonds is 10. The van der Waals surface area contributed by atoms with Gasteiger partial charge in [-0.25, -0.2) is 4.79 Å². The SMILES string of the molecule is CO[C@]1(C(=O)O)C[C@H](OC(C)=O)[C@@H](OC(C)=O)[C@H]([C@H](OC(C)=O)[C@H](COC(C)=O)OC(C)=O)O1. The summed E-state index contributed by atoms with van der Waals surface area (Å²) < 4.78 is 36.4. The molecule has 0 aromatic carbocycles. The lowest BCUT2D eigenvalue weighted by Gasteiger charge is -2.46. The summed E-state index contributed by atoms with van der Waals surface area (Å²) in [7, 11) is 1.01. The third-order valence-corrected chi connectivity index (χ3v) is 4.52. The summed E-state index contributed by atoms with van der Waals surface area (Å²) in [6.45, 7) is 4.52. The molecule has 0 bridgehead atoms. The molecule has 1 heterocycles. The Labute approximate surface area is 194 Å². The van der Waals surface area contributed by atoms with Crippen molar-refractivity contribution in [3.05, 3.63) is 0 Å². The molecule has 14 nitrogen and oxygen atoms in total. The predicted octanol–water partition coefficient (Wildman–Crippen LogP) is -0.507. The van der Waals surface area contributed by atoms with Crippen LogP contribution in [-0.4, -0.2) is 90.9 Å². The van der Waals surface area contributed by atoms with Crippen LogP contribution >= 0.6 is 0 Å². The molecule has 1 N–H and O–H groups in total. The van der Waals surface area contributed by atoms with Crippen molar-refractivity contribution in [2.24, 2.45) is 0 Å². The van der Waals surface area contributed by atoms with Gasteiger partial charge in [-0.15, -0.1) is 0 Å². The number of carboxylic acid groups (broad SMARTS) is 1. The van der Waals surface area contributed by atoms with Crippen LogP contribution in [0.3, 0.4) is 0 Å². The van der Waals surface area contributed by atoms with Crippen molar-refractivity contribution < 1.29 is 67.0 Å². The molecule has 0 unspecified atom stereocenters. The van der Waals surface area contributed by atoms with E-state index in [9.17, 15) is 33.9 Å². The second kappa shape index (κ2) is 12.3. The number of hydrogen-bond acceptors (Lipinski definition) is 13. The first kappa shape index (κ1) is 28.8. The van der Waals surface area contributed by atoms with E-state index >= 15 is 0 Å². The van der Waals surface area contributed by atoms with E-state index in [4.69, 9.17) is 33.2 Å². The molecule has 1 fully saturated rings. The van der Waals surface area contributed by atoms with E-state index in [0.717, 1.165) is 41.7 Å². The Morgan fingerprint density at radius 1 is 0.882 bits per heavy atom. The highest BCUT2D eigenvalue weighted by Crippen LogP contribution is 2.37. The summed E-state index contributed by atoms with van der Waals surface area (Å²) in [6, 6.07) is 0. The van der Waals surface area contributed by atoms with E-state index in [-0.39, 0.29) is 0 Å². The molecular formula is C20H28O14. The molecule has 0 saturated carbocycles. The molecule has 6 atom stereocenters. The van der Waals surface area contributed by atoms with Crippen LogP contribution in [0.4, 0.5) is 0 Å². The number of methoxy groups -OCH3 is 1. The Balaban J connectivity index is 3.67. The molecular weight excluding hydrogens is 464 g/mol. The molecule has 0 radical (unpaired) electrons. The smallest absolute Gasteiger partial charge is 0.364 e. The molecule has 0 spiro atoms. The molecule has 0 aromatic heterocycles. The van der Waals surface area contributed by atoms with Crippen molar-refractivity contribution in [1.29, 1.82) is 0 Å². The number of esters is 5. The minimum Gasteiger partial charge on any atom is -0.477 e. The van der Waals surface area contributed by atoms with Crippen molar-refractivity contribution in [1.82, 2.24) is 0 Å². The lowest BCUT2D eigenvalue weighted by Crippen LogP contribution is -2.66. The molecule has 1 rings (SSSR count). The average molecular weight is 492 g/mol. The zero-order valence-electron chi connectivity index (χ0n) is 19.6. The van der Waals surface area contributed by atoms with Crippen LogP contribution in [-0.2, 0) is 61.9 Å². The summed E-state index contributed by atoms with van der Waals surface area (Å²) >= 11 is 0. The van der Waals surface area contributed by atoms with Gasteiger partial charge in [-0.3, -0.25) is 24.0 Å². The summed E-state index contributed by atoms with van der Waals surface area (Å²) in [6.07, 6.45) is -8.54. The first-order valence-corrected chi connectivity index (χ1v) is 10.0. The number of aliphatic carboxylic acids is 1. The minimum absolute atomic E-state index is 0.609. The minimum atomic E-state index is -2.44. The number of carboxylic acids is 1. The van der Waals surface area contributed by atoms with Gasteiger partial charge in [-0.1, -0.05) is 0 Å². The first-order chi connectivity index (χ1) is 15.7. The summed E-state index contributed by atoms with van der Waals surface area (Å²) in [5.74, 6) is -8.37. The van der Waals surface area contributed by atoms with Crippen LogP contribution < -0.4 is 0 Å². The zero-order chi connectivity index (χ0) is 26.2. The summed E-state index contributed by atoms with van der Waals surface area (Å²) in [4.78, 5) is 70.6. The van der Waals surface area contributed by atoms with E-state index in [1.54, 1.807) is 0 Å². The van der Waals surface area contributed by atoms with Gasteiger partial charge in [0.25, 0.3) is 5.79 Å². The van der Waals surface area contributed by atoms with Crippen molar-refractivity contribution in [2.75, 3.05) is 13.7 Å². The van der Waals surface area contributed by atoms with Gasteiger partial charge in [0.1, 0.15) is 18.8 Å². The van der Waals surface area contributed by atoms with Gasteiger partial charge >= 0.3 is 35.8 Å². The maximum Gasteiger partial charge on any atom is 0.364 e. The van der Waals surface area contributed by atoms with Gasteiger partial charge in [0.15, 0.2) is 18.3 Å². The van der Waals surface area contributed by atoms with E-state index in [1.165, 1.54) is 0 Å². The Kier molecular flexibility index (Phi) is 10.4. The molecule has 1 aliphatic rings. The van der Waals surface area contributed by atoms with Gasteiger partial charge < -0.3 is 38.3 Å². The molecule has 0 aromatic rings.